The second-order valence-corrected chi connectivity index (χ2v) is 8.51. The number of carbonyl (C=O) groups is 1. The number of rotatable bonds is 9. The monoisotopic (exact) mass is 427 g/mol. The van der Waals surface area contributed by atoms with Crippen LogP contribution in [0, 0.1) is 5.92 Å². The van der Waals surface area contributed by atoms with Crippen LogP contribution in [0.25, 0.3) is 0 Å². The Balaban J connectivity index is 1.26. The number of hydrogen-bond acceptors (Lipinski definition) is 6. The molecule has 1 aromatic carbocycles. The molecule has 7 heteroatoms. The molecule has 0 spiro atoms. The van der Waals surface area contributed by atoms with Crippen LogP contribution >= 0.6 is 0 Å². The maximum atomic E-state index is 12.9. The second-order valence-electron chi connectivity index (χ2n) is 8.51. The van der Waals surface area contributed by atoms with Gasteiger partial charge in [0, 0.05) is 39.2 Å². The maximum absolute atomic E-state index is 12.9. The third kappa shape index (κ3) is 6.37. The SMILES string of the molecule is O=C(CCc1ccccc1)N1CCCCC1c1nc(CCOCC2CCOCC2)no1. The first-order chi connectivity index (χ1) is 15.3. The van der Waals surface area contributed by atoms with E-state index in [4.69, 9.17) is 14.0 Å². The van der Waals surface area contributed by atoms with E-state index in [-0.39, 0.29) is 11.9 Å². The van der Waals surface area contributed by atoms with Gasteiger partial charge in [-0.25, -0.2) is 0 Å². The molecule has 2 fully saturated rings. The molecule has 3 heterocycles. The van der Waals surface area contributed by atoms with Crippen LogP contribution in [0.15, 0.2) is 34.9 Å². The molecule has 0 aliphatic carbocycles. The fourth-order valence-electron chi connectivity index (χ4n) is 4.36. The molecule has 0 radical (unpaired) electrons. The highest BCUT2D eigenvalue weighted by molar-refractivity contribution is 5.77. The minimum atomic E-state index is -0.110. The lowest BCUT2D eigenvalue weighted by Crippen LogP contribution is -2.38. The fraction of sp³-hybridized carbons (Fsp3) is 0.625. The summed E-state index contributed by atoms with van der Waals surface area (Å²) < 4.78 is 16.8. The summed E-state index contributed by atoms with van der Waals surface area (Å²) in [5, 5.41) is 4.14. The van der Waals surface area contributed by atoms with Gasteiger partial charge < -0.3 is 18.9 Å². The van der Waals surface area contributed by atoms with Crippen molar-refractivity contribution in [2.45, 2.75) is 57.4 Å². The Labute approximate surface area is 184 Å². The van der Waals surface area contributed by atoms with Crippen LogP contribution in [0.5, 0.6) is 0 Å². The molecule has 2 aromatic rings. The molecule has 2 aliphatic rings. The van der Waals surface area contributed by atoms with Gasteiger partial charge in [0.25, 0.3) is 0 Å². The first kappa shape index (κ1) is 22.0. The van der Waals surface area contributed by atoms with Crippen molar-refractivity contribution in [3.8, 4) is 0 Å². The largest absolute Gasteiger partial charge is 0.381 e. The van der Waals surface area contributed by atoms with Crippen LogP contribution in [-0.2, 0) is 27.1 Å². The van der Waals surface area contributed by atoms with Crippen LogP contribution < -0.4 is 0 Å². The topological polar surface area (TPSA) is 77.7 Å². The Hall–Kier alpha value is -2.25. The summed E-state index contributed by atoms with van der Waals surface area (Å²) in [4.78, 5) is 19.5. The van der Waals surface area contributed by atoms with Gasteiger partial charge in [0.15, 0.2) is 5.82 Å². The van der Waals surface area contributed by atoms with Gasteiger partial charge in [0.2, 0.25) is 11.8 Å². The van der Waals surface area contributed by atoms with Gasteiger partial charge in [-0.2, -0.15) is 4.98 Å². The maximum Gasteiger partial charge on any atom is 0.249 e. The fourth-order valence-corrected chi connectivity index (χ4v) is 4.36. The molecule has 1 unspecified atom stereocenters. The Kier molecular flexibility index (Phi) is 8.07. The lowest BCUT2D eigenvalue weighted by atomic mass is 10.0. The Bertz CT molecular complexity index is 804. The molecule has 1 amide bonds. The first-order valence-corrected chi connectivity index (χ1v) is 11.6. The number of amides is 1. The highest BCUT2D eigenvalue weighted by atomic mass is 16.5. The summed E-state index contributed by atoms with van der Waals surface area (Å²) in [5.41, 5.74) is 1.19. The van der Waals surface area contributed by atoms with Crippen molar-refractivity contribution in [2.75, 3.05) is 33.0 Å². The highest BCUT2D eigenvalue weighted by Crippen LogP contribution is 2.30. The number of piperidine rings is 1. The summed E-state index contributed by atoms with van der Waals surface area (Å²) in [6.07, 6.45) is 6.99. The van der Waals surface area contributed by atoms with Crippen molar-refractivity contribution < 1.29 is 18.8 Å². The molecular formula is C24H33N3O4. The summed E-state index contributed by atoms with van der Waals surface area (Å²) in [6, 6.07) is 10.0. The van der Waals surface area contributed by atoms with Crippen LogP contribution in [-0.4, -0.2) is 53.9 Å². The Morgan fingerprint density at radius 2 is 1.94 bits per heavy atom. The number of nitrogens with zero attached hydrogens (tertiary/aromatic N) is 3. The zero-order valence-electron chi connectivity index (χ0n) is 18.2. The smallest absolute Gasteiger partial charge is 0.249 e. The van der Waals surface area contributed by atoms with Crippen molar-refractivity contribution in [3.63, 3.8) is 0 Å². The third-order valence-electron chi connectivity index (χ3n) is 6.23. The van der Waals surface area contributed by atoms with Gasteiger partial charge in [-0.3, -0.25) is 4.79 Å². The van der Waals surface area contributed by atoms with Crippen LogP contribution in [0.1, 0.15) is 61.8 Å². The minimum absolute atomic E-state index is 0.110. The van der Waals surface area contributed by atoms with Gasteiger partial charge in [0.05, 0.1) is 6.61 Å². The van der Waals surface area contributed by atoms with Crippen molar-refractivity contribution in [1.29, 1.82) is 0 Å². The number of aryl methyl sites for hydroxylation is 1. The van der Waals surface area contributed by atoms with Gasteiger partial charge in [0.1, 0.15) is 6.04 Å². The molecule has 0 saturated carbocycles. The van der Waals surface area contributed by atoms with Crippen LogP contribution in [0.2, 0.25) is 0 Å². The summed E-state index contributed by atoms with van der Waals surface area (Å²) in [6.45, 7) is 3.78. The van der Waals surface area contributed by atoms with Gasteiger partial charge in [-0.15, -0.1) is 0 Å². The molecule has 168 valence electrons. The molecule has 0 bridgehead atoms. The highest BCUT2D eigenvalue weighted by Gasteiger charge is 2.31. The number of likely N-dealkylation sites (tertiary alicyclic amines) is 1. The molecule has 1 aromatic heterocycles. The molecule has 2 saturated heterocycles. The zero-order chi connectivity index (χ0) is 21.3. The number of ether oxygens (including phenoxy) is 2. The number of aromatic nitrogens is 2. The number of hydrogen-bond donors (Lipinski definition) is 0. The summed E-state index contributed by atoms with van der Waals surface area (Å²) in [7, 11) is 0. The van der Waals surface area contributed by atoms with Crippen molar-refractivity contribution in [1.82, 2.24) is 15.0 Å². The van der Waals surface area contributed by atoms with Crippen LogP contribution in [0.4, 0.5) is 0 Å². The second kappa shape index (κ2) is 11.4. The zero-order valence-corrected chi connectivity index (χ0v) is 18.2. The lowest BCUT2D eigenvalue weighted by Gasteiger charge is -2.33. The molecule has 0 N–H and O–H groups in total. The average Bonchev–Trinajstić information content (AvgIpc) is 3.30. The predicted octanol–water partition coefficient (Wildman–Crippen LogP) is 3.74. The summed E-state index contributed by atoms with van der Waals surface area (Å²) >= 11 is 0. The third-order valence-corrected chi connectivity index (χ3v) is 6.23. The van der Waals surface area contributed by atoms with Crippen molar-refractivity contribution in [3.05, 3.63) is 47.6 Å². The Morgan fingerprint density at radius 3 is 2.77 bits per heavy atom. The molecule has 7 nitrogen and oxygen atoms in total. The molecule has 1 atom stereocenters. The Morgan fingerprint density at radius 1 is 1.10 bits per heavy atom. The predicted molar refractivity (Wildman–Crippen MR) is 115 cm³/mol. The summed E-state index contributed by atoms with van der Waals surface area (Å²) in [5.74, 6) is 1.97. The molecule has 2 aliphatic heterocycles. The van der Waals surface area contributed by atoms with E-state index < -0.39 is 0 Å². The van der Waals surface area contributed by atoms with Gasteiger partial charge in [-0.1, -0.05) is 35.5 Å². The van der Waals surface area contributed by atoms with E-state index in [1.165, 1.54) is 5.56 Å². The normalized spacial score (nSPS) is 20.1. The number of carbonyl (C=O) groups excluding carboxylic acids is 1. The van der Waals surface area contributed by atoms with E-state index in [2.05, 4.69) is 22.3 Å². The molecular weight excluding hydrogens is 394 g/mol. The van der Waals surface area contributed by atoms with E-state index in [0.717, 1.165) is 64.9 Å². The number of benzene rings is 1. The average molecular weight is 428 g/mol. The van der Waals surface area contributed by atoms with Gasteiger partial charge >= 0.3 is 0 Å². The molecule has 4 rings (SSSR count). The van der Waals surface area contributed by atoms with Crippen molar-refractivity contribution in [2.24, 2.45) is 5.92 Å². The van der Waals surface area contributed by atoms with Gasteiger partial charge in [-0.05, 0) is 50.0 Å². The van der Waals surface area contributed by atoms with E-state index in [1.54, 1.807) is 0 Å². The van der Waals surface area contributed by atoms with E-state index in [9.17, 15) is 4.79 Å². The lowest BCUT2D eigenvalue weighted by molar-refractivity contribution is -0.135. The van der Waals surface area contributed by atoms with Crippen molar-refractivity contribution >= 4 is 5.91 Å². The quantitative estimate of drug-likeness (QED) is 0.568. The minimum Gasteiger partial charge on any atom is -0.381 e. The van der Waals surface area contributed by atoms with Crippen LogP contribution in [0.3, 0.4) is 0 Å². The van der Waals surface area contributed by atoms with E-state index >= 15 is 0 Å². The standard InChI is InChI=1S/C24H33N3O4/c28-23(10-9-19-6-2-1-3-7-19)27-14-5-4-8-21(27)24-25-22(26-31-24)13-17-30-18-20-11-15-29-16-12-20/h1-3,6-7,20-21H,4-5,8-18H2. The van der Waals surface area contributed by atoms with E-state index in [0.29, 0.717) is 37.1 Å². The van der Waals surface area contributed by atoms with E-state index in [1.807, 2.05) is 23.1 Å². The first-order valence-electron chi connectivity index (χ1n) is 11.6. The molecule has 31 heavy (non-hydrogen) atoms.